The van der Waals surface area contributed by atoms with E-state index in [9.17, 15) is 0 Å². The summed E-state index contributed by atoms with van der Waals surface area (Å²) in [6.07, 6.45) is 3.64. The Kier molecular flexibility index (Phi) is 2.51. The van der Waals surface area contributed by atoms with Crippen molar-refractivity contribution < 1.29 is 0 Å². The summed E-state index contributed by atoms with van der Waals surface area (Å²) in [6.45, 7) is 2.01. The standard InChI is InChI=1S/C11H14N4/c1-8-4-3-6-13-11(8)10(12)9-5-7-15(2)14-9/h3-7,10H,12H2,1-2H3. The van der Waals surface area contributed by atoms with Gasteiger partial charge in [-0.05, 0) is 24.6 Å². The van der Waals surface area contributed by atoms with Gasteiger partial charge >= 0.3 is 0 Å². The molecule has 2 heterocycles. The van der Waals surface area contributed by atoms with Crippen LogP contribution < -0.4 is 5.73 Å². The van der Waals surface area contributed by atoms with E-state index in [-0.39, 0.29) is 6.04 Å². The lowest BCUT2D eigenvalue weighted by atomic mass is 10.1. The van der Waals surface area contributed by atoms with E-state index in [1.165, 1.54) is 0 Å². The molecule has 0 aliphatic carbocycles. The van der Waals surface area contributed by atoms with Crippen molar-refractivity contribution in [3.05, 3.63) is 47.5 Å². The van der Waals surface area contributed by atoms with Gasteiger partial charge in [-0.1, -0.05) is 6.07 Å². The lowest BCUT2D eigenvalue weighted by Crippen LogP contribution is -2.15. The number of hydrogen-bond donors (Lipinski definition) is 1. The second kappa shape index (κ2) is 3.82. The maximum absolute atomic E-state index is 6.09. The first kappa shape index (κ1) is 9.86. The van der Waals surface area contributed by atoms with Crippen molar-refractivity contribution in [1.82, 2.24) is 14.8 Å². The first-order chi connectivity index (χ1) is 7.18. The largest absolute Gasteiger partial charge is 0.318 e. The van der Waals surface area contributed by atoms with Gasteiger partial charge in [-0.2, -0.15) is 5.10 Å². The van der Waals surface area contributed by atoms with Crippen LogP contribution in [0.5, 0.6) is 0 Å². The molecule has 4 heteroatoms. The number of rotatable bonds is 2. The van der Waals surface area contributed by atoms with Gasteiger partial charge in [0.15, 0.2) is 0 Å². The van der Waals surface area contributed by atoms with E-state index in [4.69, 9.17) is 5.73 Å². The van der Waals surface area contributed by atoms with Crippen LogP contribution in [0.1, 0.15) is 23.0 Å². The quantitative estimate of drug-likeness (QED) is 0.795. The molecule has 1 unspecified atom stereocenters. The number of pyridine rings is 1. The van der Waals surface area contributed by atoms with E-state index in [1.54, 1.807) is 10.9 Å². The summed E-state index contributed by atoms with van der Waals surface area (Å²) in [5.41, 5.74) is 8.92. The molecule has 2 rings (SSSR count). The lowest BCUT2D eigenvalue weighted by Gasteiger charge is -2.10. The van der Waals surface area contributed by atoms with Crippen LogP contribution in [0, 0.1) is 6.92 Å². The number of hydrogen-bond acceptors (Lipinski definition) is 3. The van der Waals surface area contributed by atoms with Gasteiger partial charge in [0.05, 0.1) is 17.4 Å². The average molecular weight is 202 g/mol. The average Bonchev–Trinajstić information content (AvgIpc) is 2.65. The van der Waals surface area contributed by atoms with Crippen molar-refractivity contribution in [2.24, 2.45) is 12.8 Å². The molecule has 15 heavy (non-hydrogen) atoms. The number of nitrogens with zero attached hydrogens (tertiary/aromatic N) is 3. The summed E-state index contributed by atoms with van der Waals surface area (Å²) in [7, 11) is 1.88. The minimum absolute atomic E-state index is 0.243. The molecule has 2 N–H and O–H groups in total. The van der Waals surface area contributed by atoms with Gasteiger partial charge in [0, 0.05) is 19.4 Å². The predicted molar refractivity (Wildman–Crippen MR) is 58.2 cm³/mol. The third-order valence-electron chi connectivity index (χ3n) is 2.40. The SMILES string of the molecule is Cc1cccnc1C(N)c1ccn(C)n1. The zero-order valence-corrected chi connectivity index (χ0v) is 8.88. The van der Waals surface area contributed by atoms with Crippen LogP contribution in [-0.2, 0) is 7.05 Å². The third-order valence-corrected chi connectivity index (χ3v) is 2.40. The van der Waals surface area contributed by atoms with Crippen molar-refractivity contribution in [1.29, 1.82) is 0 Å². The molecule has 0 saturated carbocycles. The summed E-state index contributed by atoms with van der Waals surface area (Å²) in [4.78, 5) is 4.29. The van der Waals surface area contributed by atoms with E-state index in [0.717, 1.165) is 17.0 Å². The molecule has 0 amide bonds. The minimum Gasteiger partial charge on any atom is -0.318 e. The zero-order valence-electron chi connectivity index (χ0n) is 8.88. The first-order valence-corrected chi connectivity index (χ1v) is 4.85. The minimum atomic E-state index is -0.243. The third kappa shape index (κ3) is 1.89. The molecular formula is C11H14N4. The van der Waals surface area contributed by atoms with Crippen LogP contribution in [-0.4, -0.2) is 14.8 Å². The van der Waals surface area contributed by atoms with Crippen molar-refractivity contribution in [2.75, 3.05) is 0 Å². The first-order valence-electron chi connectivity index (χ1n) is 4.85. The zero-order chi connectivity index (χ0) is 10.8. The Bertz CT molecular complexity index is 461. The summed E-state index contributed by atoms with van der Waals surface area (Å²) < 4.78 is 1.74. The molecule has 2 aromatic heterocycles. The van der Waals surface area contributed by atoms with Gasteiger partial charge in [-0.3, -0.25) is 9.67 Å². The van der Waals surface area contributed by atoms with E-state index in [0.29, 0.717) is 0 Å². The molecule has 78 valence electrons. The fourth-order valence-electron chi connectivity index (χ4n) is 1.56. The van der Waals surface area contributed by atoms with Crippen LogP contribution in [0.2, 0.25) is 0 Å². The summed E-state index contributed by atoms with van der Waals surface area (Å²) >= 11 is 0. The highest BCUT2D eigenvalue weighted by Gasteiger charge is 2.14. The second-order valence-electron chi connectivity index (χ2n) is 3.60. The Labute approximate surface area is 88.8 Å². The molecule has 0 saturated heterocycles. The maximum atomic E-state index is 6.09. The molecule has 0 spiro atoms. The van der Waals surface area contributed by atoms with Crippen LogP contribution in [0.15, 0.2) is 30.6 Å². The van der Waals surface area contributed by atoms with Crippen LogP contribution >= 0.6 is 0 Å². The summed E-state index contributed by atoms with van der Waals surface area (Å²) in [6, 6.07) is 5.58. The molecule has 0 bridgehead atoms. The van der Waals surface area contributed by atoms with Gasteiger partial charge in [0.1, 0.15) is 0 Å². The smallest absolute Gasteiger partial charge is 0.0921 e. The fourth-order valence-corrected chi connectivity index (χ4v) is 1.56. The maximum Gasteiger partial charge on any atom is 0.0921 e. The van der Waals surface area contributed by atoms with Crippen LogP contribution in [0.25, 0.3) is 0 Å². The predicted octanol–water partition coefficient (Wildman–Crippen LogP) is 1.17. The van der Waals surface area contributed by atoms with Crippen LogP contribution in [0.4, 0.5) is 0 Å². The second-order valence-corrected chi connectivity index (χ2v) is 3.60. The van der Waals surface area contributed by atoms with Gasteiger partial charge in [-0.15, -0.1) is 0 Å². The highest BCUT2D eigenvalue weighted by Crippen LogP contribution is 2.18. The Morgan fingerprint density at radius 2 is 2.20 bits per heavy atom. The van der Waals surface area contributed by atoms with Crippen molar-refractivity contribution >= 4 is 0 Å². The molecule has 4 nitrogen and oxygen atoms in total. The Hall–Kier alpha value is -1.68. The van der Waals surface area contributed by atoms with Gasteiger partial charge < -0.3 is 5.73 Å². The Morgan fingerprint density at radius 1 is 1.40 bits per heavy atom. The molecule has 0 aliphatic rings. The topological polar surface area (TPSA) is 56.7 Å². The molecule has 0 aliphatic heterocycles. The molecule has 1 atom stereocenters. The molecule has 0 radical (unpaired) electrons. The van der Waals surface area contributed by atoms with Crippen LogP contribution in [0.3, 0.4) is 0 Å². The number of aromatic nitrogens is 3. The van der Waals surface area contributed by atoms with E-state index < -0.39 is 0 Å². The van der Waals surface area contributed by atoms with Crippen molar-refractivity contribution in [3.8, 4) is 0 Å². The summed E-state index contributed by atoms with van der Waals surface area (Å²) in [5, 5.41) is 4.28. The Morgan fingerprint density at radius 3 is 2.80 bits per heavy atom. The fraction of sp³-hybridized carbons (Fsp3) is 0.273. The van der Waals surface area contributed by atoms with E-state index >= 15 is 0 Å². The molecule has 0 fully saturated rings. The lowest BCUT2D eigenvalue weighted by molar-refractivity contribution is 0.704. The monoisotopic (exact) mass is 202 g/mol. The van der Waals surface area contributed by atoms with Crippen molar-refractivity contribution in [2.45, 2.75) is 13.0 Å². The van der Waals surface area contributed by atoms with E-state index in [2.05, 4.69) is 10.1 Å². The normalized spacial score (nSPS) is 12.7. The molecule has 0 aromatic carbocycles. The number of aryl methyl sites for hydroxylation is 2. The van der Waals surface area contributed by atoms with E-state index in [1.807, 2.05) is 38.4 Å². The highest BCUT2D eigenvalue weighted by molar-refractivity contribution is 5.27. The molecule has 2 aromatic rings. The van der Waals surface area contributed by atoms with Gasteiger partial charge in [0.25, 0.3) is 0 Å². The molecular weight excluding hydrogens is 188 g/mol. The van der Waals surface area contributed by atoms with Gasteiger partial charge in [-0.25, -0.2) is 0 Å². The Balaban J connectivity index is 2.36. The van der Waals surface area contributed by atoms with Crippen molar-refractivity contribution in [3.63, 3.8) is 0 Å². The van der Waals surface area contributed by atoms with Gasteiger partial charge in [0.2, 0.25) is 0 Å². The summed E-state index contributed by atoms with van der Waals surface area (Å²) in [5.74, 6) is 0. The number of nitrogens with two attached hydrogens (primary N) is 1. The highest BCUT2D eigenvalue weighted by atomic mass is 15.3.